The highest BCUT2D eigenvalue weighted by molar-refractivity contribution is 5.76. The number of carboxylic acid groups (broad SMARTS) is 1. The van der Waals surface area contributed by atoms with E-state index in [0.29, 0.717) is 5.75 Å². The number of carbonyl (C=O) groups is 2. The molecule has 1 aromatic rings. The molecule has 4 N–H and O–H groups in total. The van der Waals surface area contributed by atoms with Gasteiger partial charge in [-0.25, -0.2) is 4.79 Å². The number of benzene rings is 1. The second kappa shape index (κ2) is 9.74. The van der Waals surface area contributed by atoms with Crippen LogP contribution in [0.1, 0.15) is 45.9 Å². The Morgan fingerprint density at radius 3 is 2.50 bits per heavy atom. The Labute approximate surface area is 183 Å². The van der Waals surface area contributed by atoms with Crippen LogP contribution >= 0.6 is 0 Å². The Morgan fingerprint density at radius 2 is 1.87 bits per heavy atom. The number of carbonyl (C=O) groups excluding carboxylic acids is 1. The fraction of sp³-hybridized carbons (Fsp3) is 0.619. The van der Waals surface area contributed by atoms with E-state index in [4.69, 9.17) is 27.5 Å². The minimum atomic E-state index is -3.43. The highest BCUT2D eigenvalue weighted by atomic mass is 16.7. The minimum absolute atomic E-state index is 0.139. The molecule has 0 aromatic heterocycles. The summed E-state index contributed by atoms with van der Waals surface area (Å²) in [4.78, 5) is 24.4. The molecular formula is C21H30O9. The van der Waals surface area contributed by atoms with E-state index in [-0.39, 0.29) is 13.0 Å². The van der Waals surface area contributed by atoms with E-state index < -0.39 is 68.2 Å². The summed E-state index contributed by atoms with van der Waals surface area (Å²) in [6.45, 7) is -3.38. The smallest absolute Gasteiger partial charge is 0.335 e. The van der Waals surface area contributed by atoms with Gasteiger partial charge >= 0.3 is 11.9 Å². The van der Waals surface area contributed by atoms with Crippen LogP contribution in [0.25, 0.3) is 0 Å². The van der Waals surface area contributed by atoms with E-state index in [0.717, 1.165) is 11.1 Å². The maximum absolute atomic E-state index is 13.1. The van der Waals surface area contributed by atoms with Crippen LogP contribution in [0.4, 0.5) is 0 Å². The number of hydrogen-bond acceptors (Lipinski definition) is 8. The molecule has 0 bridgehead atoms. The topological polar surface area (TPSA) is 143 Å². The molecule has 1 aromatic carbocycles. The third-order valence-corrected chi connectivity index (χ3v) is 4.68. The standard InChI is InChI=1S/C21H30O9/c1-11-6-7-12(2)13(10-11)28-9-5-8-21(3,4)20(27)30-19-16(24)14(22)15(23)17(29-19)18(25)26/h6-7,10,14-17,19,22-24H,5,8-9H2,1-4H3,(H,25,26)/i3D3,4D3. The van der Waals surface area contributed by atoms with Gasteiger partial charge in [-0.3, -0.25) is 4.79 Å². The van der Waals surface area contributed by atoms with Gasteiger partial charge in [0.05, 0.1) is 12.0 Å². The lowest BCUT2D eigenvalue weighted by atomic mass is 9.88. The second-order valence-corrected chi connectivity index (χ2v) is 7.27. The maximum atomic E-state index is 13.1. The van der Waals surface area contributed by atoms with Crippen molar-refractivity contribution in [3.8, 4) is 5.75 Å². The molecule has 30 heavy (non-hydrogen) atoms. The van der Waals surface area contributed by atoms with Gasteiger partial charge in [0.2, 0.25) is 6.29 Å². The summed E-state index contributed by atoms with van der Waals surface area (Å²) in [7, 11) is 0. The average Bonchev–Trinajstić information content (AvgIpc) is 2.74. The predicted molar refractivity (Wildman–Crippen MR) is 105 cm³/mol. The zero-order valence-electron chi connectivity index (χ0n) is 22.6. The number of ether oxygens (including phenoxy) is 3. The summed E-state index contributed by atoms with van der Waals surface area (Å²) < 4.78 is 62.6. The molecule has 168 valence electrons. The Balaban J connectivity index is 2.29. The first-order chi connectivity index (χ1) is 16.4. The van der Waals surface area contributed by atoms with Crippen molar-refractivity contribution < 1.29 is 52.5 Å². The number of aliphatic carboxylic acids is 1. The largest absolute Gasteiger partial charge is 0.493 e. The first-order valence-electron chi connectivity index (χ1n) is 12.3. The monoisotopic (exact) mass is 432 g/mol. The van der Waals surface area contributed by atoms with Gasteiger partial charge in [0.1, 0.15) is 24.1 Å². The third-order valence-electron chi connectivity index (χ3n) is 4.68. The fourth-order valence-electron chi connectivity index (χ4n) is 2.84. The lowest BCUT2D eigenvalue weighted by molar-refractivity contribution is -0.288. The van der Waals surface area contributed by atoms with Crippen LogP contribution in [0, 0.1) is 19.3 Å². The second-order valence-electron chi connectivity index (χ2n) is 7.27. The van der Waals surface area contributed by atoms with Crippen LogP contribution in [0.3, 0.4) is 0 Å². The van der Waals surface area contributed by atoms with Crippen molar-refractivity contribution in [2.75, 3.05) is 6.61 Å². The van der Waals surface area contributed by atoms with Crippen LogP contribution in [-0.4, -0.2) is 69.7 Å². The molecule has 9 nitrogen and oxygen atoms in total. The molecule has 1 aliphatic rings. The van der Waals surface area contributed by atoms with Gasteiger partial charge in [-0.2, -0.15) is 0 Å². The summed E-state index contributed by atoms with van der Waals surface area (Å²) in [6.07, 6.45) is -11.8. The lowest BCUT2D eigenvalue weighted by Crippen LogP contribution is -2.61. The molecule has 1 fully saturated rings. The zero-order valence-corrected chi connectivity index (χ0v) is 16.6. The van der Waals surface area contributed by atoms with Crippen molar-refractivity contribution in [1.82, 2.24) is 0 Å². The Bertz CT molecular complexity index is 935. The molecule has 0 radical (unpaired) electrons. The van der Waals surface area contributed by atoms with Crippen molar-refractivity contribution in [1.29, 1.82) is 0 Å². The van der Waals surface area contributed by atoms with Gasteiger partial charge in [-0.15, -0.1) is 0 Å². The number of aliphatic hydroxyl groups is 3. The SMILES string of the molecule is [2H]C([2H])([2H])C(CCCOc1cc(C)ccc1C)(C(=O)OC1OC(C(=O)O)C(O)C(O)C1O)C([2H])([2H])[2H]. The molecular weight excluding hydrogens is 396 g/mol. The molecule has 5 unspecified atom stereocenters. The molecule has 0 amide bonds. The Hall–Kier alpha value is -2.20. The molecule has 2 rings (SSSR count). The van der Waals surface area contributed by atoms with Crippen molar-refractivity contribution in [3.63, 3.8) is 0 Å². The van der Waals surface area contributed by atoms with Crippen molar-refractivity contribution in [2.24, 2.45) is 5.41 Å². The van der Waals surface area contributed by atoms with Gasteiger partial charge in [-0.1, -0.05) is 12.1 Å². The molecule has 0 spiro atoms. The number of carboxylic acids is 1. The fourth-order valence-corrected chi connectivity index (χ4v) is 2.84. The Kier molecular flexibility index (Phi) is 5.35. The molecule has 1 saturated heterocycles. The van der Waals surface area contributed by atoms with Crippen LogP contribution in [0.2, 0.25) is 0 Å². The van der Waals surface area contributed by atoms with Gasteiger partial charge in [0, 0.05) is 8.22 Å². The average molecular weight is 432 g/mol. The summed E-state index contributed by atoms with van der Waals surface area (Å²) in [6, 6.07) is 5.41. The normalized spacial score (nSPS) is 30.6. The van der Waals surface area contributed by atoms with E-state index in [9.17, 15) is 24.9 Å². The highest BCUT2D eigenvalue weighted by Gasteiger charge is 2.49. The van der Waals surface area contributed by atoms with Gasteiger partial charge < -0.3 is 34.6 Å². The van der Waals surface area contributed by atoms with Gasteiger partial charge in [0.25, 0.3) is 0 Å². The van der Waals surface area contributed by atoms with E-state index in [2.05, 4.69) is 0 Å². The molecule has 1 heterocycles. The molecule has 5 atom stereocenters. The summed E-state index contributed by atoms with van der Waals surface area (Å²) in [5.74, 6) is -3.08. The zero-order chi connectivity index (χ0) is 27.6. The number of hydrogen-bond donors (Lipinski definition) is 4. The third kappa shape index (κ3) is 5.69. The van der Waals surface area contributed by atoms with E-state index in [1.807, 2.05) is 19.1 Å². The minimum Gasteiger partial charge on any atom is -0.493 e. The molecule has 1 aliphatic heterocycles. The Morgan fingerprint density at radius 1 is 1.17 bits per heavy atom. The number of aliphatic hydroxyl groups excluding tert-OH is 3. The highest BCUT2D eigenvalue weighted by Crippen LogP contribution is 2.29. The van der Waals surface area contributed by atoms with E-state index >= 15 is 0 Å². The molecule has 0 saturated carbocycles. The van der Waals surface area contributed by atoms with Crippen LogP contribution < -0.4 is 4.74 Å². The van der Waals surface area contributed by atoms with Crippen LogP contribution in [0.15, 0.2) is 18.2 Å². The molecule has 0 aliphatic carbocycles. The predicted octanol–water partition coefficient (Wildman–Crippen LogP) is 0.924. The quantitative estimate of drug-likeness (QED) is 0.348. The summed E-state index contributed by atoms with van der Waals surface area (Å²) in [5.41, 5.74) is -1.42. The van der Waals surface area contributed by atoms with Gasteiger partial charge in [-0.05, 0) is 57.6 Å². The van der Waals surface area contributed by atoms with E-state index in [1.165, 1.54) is 0 Å². The lowest BCUT2D eigenvalue weighted by Gasteiger charge is -2.39. The van der Waals surface area contributed by atoms with Crippen molar-refractivity contribution in [3.05, 3.63) is 29.3 Å². The van der Waals surface area contributed by atoms with E-state index in [1.54, 1.807) is 13.0 Å². The maximum Gasteiger partial charge on any atom is 0.335 e. The van der Waals surface area contributed by atoms with Gasteiger partial charge in [0.15, 0.2) is 6.10 Å². The van der Waals surface area contributed by atoms with Crippen LogP contribution in [-0.2, 0) is 19.1 Å². The number of rotatable bonds is 8. The van der Waals surface area contributed by atoms with Crippen molar-refractivity contribution >= 4 is 11.9 Å². The molecule has 9 heteroatoms. The number of aryl methyl sites for hydroxylation is 2. The summed E-state index contributed by atoms with van der Waals surface area (Å²) in [5, 5.41) is 38.9. The van der Waals surface area contributed by atoms with Crippen LogP contribution in [0.5, 0.6) is 5.75 Å². The first kappa shape index (κ1) is 16.5. The first-order valence-corrected chi connectivity index (χ1v) is 9.27. The van der Waals surface area contributed by atoms with Crippen molar-refractivity contribution in [2.45, 2.75) is 71.1 Å². The summed E-state index contributed by atoms with van der Waals surface area (Å²) >= 11 is 0. The number of esters is 1.